The van der Waals surface area contributed by atoms with Crippen molar-refractivity contribution in [3.05, 3.63) is 24.0 Å². The summed E-state index contributed by atoms with van der Waals surface area (Å²) in [6, 6.07) is 4.24. The van der Waals surface area contributed by atoms with Crippen LogP contribution in [0.2, 0.25) is 0 Å². The Morgan fingerprint density at radius 2 is 2.32 bits per heavy atom. The largest absolute Gasteiger partial charge is 0.378 e. The van der Waals surface area contributed by atoms with Crippen LogP contribution in [0.1, 0.15) is 30.3 Å². The molecule has 0 spiro atoms. The topological polar surface area (TPSA) is 54.5 Å². The molecule has 1 amide bonds. The monoisotopic (exact) mass is 263 g/mol. The van der Waals surface area contributed by atoms with Crippen molar-refractivity contribution in [3.63, 3.8) is 0 Å². The quantitative estimate of drug-likeness (QED) is 0.873. The molecule has 1 aliphatic rings. The number of amides is 1. The van der Waals surface area contributed by atoms with E-state index >= 15 is 0 Å². The first-order valence-corrected chi connectivity index (χ1v) is 6.68. The summed E-state index contributed by atoms with van der Waals surface area (Å²) in [5.74, 6) is -0.156. The molecule has 0 saturated heterocycles. The Bertz CT molecular complexity index is 444. The van der Waals surface area contributed by atoms with Crippen molar-refractivity contribution in [2.24, 2.45) is 0 Å². The van der Waals surface area contributed by atoms with Crippen molar-refractivity contribution in [1.82, 2.24) is 10.3 Å². The van der Waals surface area contributed by atoms with Crippen LogP contribution in [-0.2, 0) is 4.74 Å². The number of hydrogen-bond acceptors (Lipinski definition) is 4. The Balaban J connectivity index is 2.00. The second-order valence-electron chi connectivity index (χ2n) is 4.79. The van der Waals surface area contributed by atoms with Crippen molar-refractivity contribution >= 4 is 11.6 Å². The molecule has 1 saturated carbocycles. The van der Waals surface area contributed by atoms with E-state index in [1.807, 2.05) is 19.1 Å². The van der Waals surface area contributed by atoms with Gasteiger partial charge in [-0.3, -0.25) is 9.78 Å². The van der Waals surface area contributed by atoms with Crippen molar-refractivity contribution in [3.8, 4) is 0 Å². The summed E-state index contributed by atoms with van der Waals surface area (Å²) in [7, 11) is 3.66. The van der Waals surface area contributed by atoms with Gasteiger partial charge in [0.2, 0.25) is 0 Å². The van der Waals surface area contributed by atoms with Crippen LogP contribution in [0.3, 0.4) is 0 Å². The van der Waals surface area contributed by atoms with E-state index in [0.29, 0.717) is 17.8 Å². The highest BCUT2D eigenvalue weighted by molar-refractivity contribution is 5.92. The van der Waals surface area contributed by atoms with Gasteiger partial charge in [-0.25, -0.2) is 0 Å². The van der Waals surface area contributed by atoms with Gasteiger partial charge in [0.15, 0.2) is 0 Å². The van der Waals surface area contributed by atoms with Gasteiger partial charge in [0.05, 0.1) is 6.10 Å². The van der Waals surface area contributed by atoms with E-state index in [0.717, 1.165) is 25.1 Å². The van der Waals surface area contributed by atoms with Gasteiger partial charge in [-0.2, -0.15) is 0 Å². The third-order valence-electron chi connectivity index (χ3n) is 3.63. The summed E-state index contributed by atoms with van der Waals surface area (Å²) in [6.45, 7) is 2.80. The number of hydrogen-bond donors (Lipinski definition) is 1. The number of rotatable bonds is 5. The minimum absolute atomic E-state index is 0.156. The lowest BCUT2D eigenvalue weighted by Gasteiger charge is -2.41. The highest BCUT2D eigenvalue weighted by Crippen LogP contribution is 2.30. The van der Waals surface area contributed by atoms with Gasteiger partial charge in [-0.15, -0.1) is 0 Å². The van der Waals surface area contributed by atoms with Crippen LogP contribution in [0.15, 0.2) is 18.3 Å². The number of nitrogens with one attached hydrogen (secondary N) is 1. The Labute approximate surface area is 114 Å². The molecular formula is C14H21N3O2. The number of pyridine rings is 1. The predicted molar refractivity (Wildman–Crippen MR) is 74.5 cm³/mol. The molecule has 104 valence electrons. The number of carbonyl (C=O) groups excluding carboxylic acids is 1. The van der Waals surface area contributed by atoms with Crippen LogP contribution < -0.4 is 10.2 Å². The van der Waals surface area contributed by atoms with Gasteiger partial charge in [-0.1, -0.05) is 0 Å². The van der Waals surface area contributed by atoms with Gasteiger partial charge in [0.25, 0.3) is 5.91 Å². The average Bonchev–Trinajstić information content (AvgIpc) is 2.41. The number of anilines is 1. The molecule has 1 aromatic rings. The maximum Gasteiger partial charge on any atom is 0.269 e. The first-order chi connectivity index (χ1) is 9.15. The third kappa shape index (κ3) is 3.04. The lowest BCUT2D eigenvalue weighted by atomic mass is 9.88. The summed E-state index contributed by atoms with van der Waals surface area (Å²) < 4.78 is 5.57. The zero-order valence-electron chi connectivity index (χ0n) is 11.7. The fraction of sp³-hybridized carbons (Fsp3) is 0.571. The van der Waals surface area contributed by atoms with Gasteiger partial charge in [0.1, 0.15) is 5.69 Å². The van der Waals surface area contributed by atoms with E-state index in [9.17, 15) is 4.79 Å². The standard InChI is InChI=1S/C14H21N3O2/c1-4-19-12-7-11(8-12)17(3)10-5-6-16-13(9-10)14(18)15-2/h5-6,9,11-12H,4,7-8H2,1-3H3,(H,15,18). The summed E-state index contributed by atoms with van der Waals surface area (Å²) in [4.78, 5) is 17.8. The molecule has 0 atom stereocenters. The van der Waals surface area contributed by atoms with Gasteiger partial charge in [-0.05, 0) is 31.9 Å². The van der Waals surface area contributed by atoms with Crippen LogP contribution in [0.25, 0.3) is 0 Å². The molecule has 2 rings (SSSR count). The lowest BCUT2D eigenvalue weighted by Crippen LogP contribution is -2.46. The Hall–Kier alpha value is -1.62. The molecule has 1 aromatic heterocycles. The molecule has 0 aliphatic heterocycles. The Morgan fingerprint density at radius 3 is 2.95 bits per heavy atom. The minimum Gasteiger partial charge on any atom is -0.378 e. The molecule has 0 radical (unpaired) electrons. The smallest absolute Gasteiger partial charge is 0.269 e. The molecule has 1 heterocycles. The fourth-order valence-electron chi connectivity index (χ4n) is 2.33. The number of nitrogens with zero attached hydrogens (tertiary/aromatic N) is 2. The molecule has 1 N–H and O–H groups in total. The minimum atomic E-state index is -0.156. The van der Waals surface area contributed by atoms with E-state index in [-0.39, 0.29) is 5.91 Å². The van der Waals surface area contributed by atoms with E-state index in [4.69, 9.17) is 4.74 Å². The van der Waals surface area contributed by atoms with E-state index in [1.54, 1.807) is 13.2 Å². The highest BCUT2D eigenvalue weighted by atomic mass is 16.5. The second-order valence-corrected chi connectivity index (χ2v) is 4.79. The summed E-state index contributed by atoms with van der Waals surface area (Å²) in [5.41, 5.74) is 1.47. The maximum absolute atomic E-state index is 11.6. The first-order valence-electron chi connectivity index (χ1n) is 6.68. The van der Waals surface area contributed by atoms with Gasteiger partial charge in [0, 0.05) is 38.6 Å². The van der Waals surface area contributed by atoms with Gasteiger partial charge < -0.3 is 15.0 Å². The van der Waals surface area contributed by atoms with E-state index in [1.165, 1.54) is 0 Å². The fourth-order valence-corrected chi connectivity index (χ4v) is 2.33. The summed E-state index contributed by atoms with van der Waals surface area (Å²) in [6.07, 6.45) is 4.15. The maximum atomic E-state index is 11.6. The molecule has 19 heavy (non-hydrogen) atoms. The van der Waals surface area contributed by atoms with Crippen LogP contribution in [0, 0.1) is 0 Å². The Kier molecular flexibility index (Phi) is 4.37. The van der Waals surface area contributed by atoms with Gasteiger partial charge >= 0.3 is 0 Å². The zero-order chi connectivity index (χ0) is 13.8. The second kappa shape index (κ2) is 6.02. The van der Waals surface area contributed by atoms with Crippen molar-refractivity contribution in [2.75, 3.05) is 25.6 Å². The normalized spacial score (nSPS) is 21.6. The summed E-state index contributed by atoms with van der Waals surface area (Å²) >= 11 is 0. The number of ether oxygens (including phenoxy) is 1. The molecule has 5 heteroatoms. The van der Waals surface area contributed by atoms with E-state index in [2.05, 4.69) is 22.2 Å². The van der Waals surface area contributed by atoms with E-state index < -0.39 is 0 Å². The third-order valence-corrected chi connectivity index (χ3v) is 3.63. The molecule has 5 nitrogen and oxygen atoms in total. The van der Waals surface area contributed by atoms with Crippen LogP contribution in [0.5, 0.6) is 0 Å². The zero-order valence-corrected chi connectivity index (χ0v) is 11.7. The number of aromatic nitrogens is 1. The average molecular weight is 263 g/mol. The molecule has 0 bridgehead atoms. The molecule has 0 unspecified atom stereocenters. The number of carbonyl (C=O) groups is 1. The van der Waals surface area contributed by atoms with Crippen LogP contribution in [0.4, 0.5) is 5.69 Å². The molecule has 1 fully saturated rings. The SMILES string of the molecule is CCOC1CC(N(C)c2ccnc(C(=O)NC)c2)C1. The Morgan fingerprint density at radius 1 is 1.58 bits per heavy atom. The molecule has 1 aliphatic carbocycles. The highest BCUT2D eigenvalue weighted by Gasteiger charge is 2.32. The first kappa shape index (κ1) is 13.8. The van der Waals surface area contributed by atoms with Crippen molar-refractivity contribution in [1.29, 1.82) is 0 Å². The summed E-state index contributed by atoms with van der Waals surface area (Å²) in [5, 5.41) is 2.59. The molecule has 0 aromatic carbocycles. The van der Waals surface area contributed by atoms with Crippen molar-refractivity contribution < 1.29 is 9.53 Å². The van der Waals surface area contributed by atoms with Crippen LogP contribution >= 0.6 is 0 Å². The van der Waals surface area contributed by atoms with Crippen LogP contribution in [-0.4, -0.2) is 43.7 Å². The lowest BCUT2D eigenvalue weighted by molar-refractivity contribution is -0.00223. The predicted octanol–water partition coefficient (Wildman–Crippen LogP) is 1.44. The molecular weight excluding hydrogens is 242 g/mol. The van der Waals surface area contributed by atoms with Crippen molar-refractivity contribution in [2.45, 2.75) is 31.9 Å².